The average molecular weight is 360 g/mol. The van der Waals surface area contributed by atoms with Crippen LogP contribution in [0, 0.1) is 0 Å². The number of fused-ring (bicyclic) bond motifs is 1. The first-order valence-electron chi connectivity index (χ1n) is 7.84. The maximum absolute atomic E-state index is 12.5. The number of H-pyrrole nitrogens is 1. The predicted molar refractivity (Wildman–Crippen MR) is 95.5 cm³/mol. The van der Waals surface area contributed by atoms with Crippen LogP contribution in [0.15, 0.2) is 41.8 Å². The van der Waals surface area contributed by atoms with Crippen molar-refractivity contribution in [1.82, 2.24) is 24.2 Å². The molecule has 8 nitrogen and oxygen atoms in total. The summed E-state index contributed by atoms with van der Waals surface area (Å²) < 4.78 is 26.3. The van der Waals surface area contributed by atoms with Gasteiger partial charge in [0, 0.05) is 19.6 Å². The maximum Gasteiger partial charge on any atom is 0.243 e. The van der Waals surface area contributed by atoms with Gasteiger partial charge in [0.1, 0.15) is 11.8 Å². The fourth-order valence-corrected chi connectivity index (χ4v) is 3.68. The summed E-state index contributed by atoms with van der Waals surface area (Å²) in [6, 6.07) is 6.73. The zero-order valence-corrected chi connectivity index (χ0v) is 15.1. The highest BCUT2D eigenvalue weighted by Crippen LogP contribution is 2.19. The molecule has 0 bridgehead atoms. The van der Waals surface area contributed by atoms with E-state index in [1.807, 2.05) is 13.8 Å². The van der Waals surface area contributed by atoms with Gasteiger partial charge in [0.05, 0.1) is 11.2 Å². The molecule has 0 fully saturated rings. The number of sulfonamides is 1. The first kappa shape index (κ1) is 17.3. The zero-order valence-electron chi connectivity index (χ0n) is 14.3. The van der Waals surface area contributed by atoms with E-state index in [9.17, 15) is 8.42 Å². The minimum absolute atomic E-state index is 0.0964. The summed E-state index contributed by atoms with van der Waals surface area (Å²) >= 11 is 0. The second-order valence-electron chi connectivity index (χ2n) is 5.94. The van der Waals surface area contributed by atoms with E-state index in [0.717, 1.165) is 11.1 Å². The molecule has 0 unspecified atom stereocenters. The summed E-state index contributed by atoms with van der Waals surface area (Å²) in [6.07, 6.45) is 3.01. The van der Waals surface area contributed by atoms with Crippen molar-refractivity contribution in [3.05, 3.63) is 42.5 Å². The molecule has 0 spiro atoms. The SMILES string of the molecule is CC(C)N(C)S(=O)(=O)c1ccc(CNc2ncnc3nc[nH]c23)cc1. The fourth-order valence-electron chi connectivity index (χ4n) is 2.31. The van der Waals surface area contributed by atoms with Crippen LogP contribution in [0.4, 0.5) is 5.82 Å². The number of aromatic nitrogens is 4. The minimum Gasteiger partial charge on any atom is -0.364 e. The first-order valence-corrected chi connectivity index (χ1v) is 9.28. The summed E-state index contributed by atoms with van der Waals surface area (Å²) in [7, 11) is -1.88. The van der Waals surface area contributed by atoms with Crippen molar-refractivity contribution in [2.45, 2.75) is 31.3 Å². The lowest BCUT2D eigenvalue weighted by Crippen LogP contribution is -2.33. The second-order valence-corrected chi connectivity index (χ2v) is 7.93. The predicted octanol–water partition coefficient (Wildman–Crippen LogP) is 1.99. The Hall–Kier alpha value is -2.52. The molecule has 132 valence electrons. The van der Waals surface area contributed by atoms with Crippen LogP contribution in [0.5, 0.6) is 0 Å². The largest absolute Gasteiger partial charge is 0.364 e. The summed E-state index contributed by atoms with van der Waals surface area (Å²) in [5.41, 5.74) is 2.27. The summed E-state index contributed by atoms with van der Waals surface area (Å²) in [5, 5.41) is 3.21. The van der Waals surface area contributed by atoms with Crippen molar-refractivity contribution in [3.8, 4) is 0 Å². The third kappa shape index (κ3) is 3.47. The average Bonchev–Trinajstić information content (AvgIpc) is 3.08. The molecule has 0 saturated carbocycles. The van der Waals surface area contributed by atoms with E-state index in [2.05, 4.69) is 25.3 Å². The van der Waals surface area contributed by atoms with Crippen LogP contribution in [-0.2, 0) is 16.6 Å². The van der Waals surface area contributed by atoms with Gasteiger partial charge in [-0.05, 0) is 31.5 Å². The van der Waals surface area contributed by atoms with Crippen LogP contribution in [-0.4, -0.2) is 45.7 Å². The Morgan fingerprint density at radius 1 is 1.16 bits per heavy atom. The molecule has 2 aromatic heterocycles. The van der Waals surface area contributed by atoms with Gasteiger partial charge < -0.3 is 10.3 Å². The molecule has 3 aromatic rings. The van der Waals surface area contributed by atoms with E-state index in [0.29, 0.717) is 18.0 Å². The highest BCUT2D eigenvalue weighted by molar-refractivity contribution is 7.89. The van der Waals surface area contributed by atoms with Crippen LogP contribution < -0.4 is 5.32 Å². The van der Waals surface area contributed by atoms with Gasteiger partial charge in [0.25, 0.3) is 0 Å². The van der Waals surface area contributed by atoms with Crippen LogP contribution in [0.2, 0.25) is 0 Å². The van der Waals surface area contributed by atoms with E-state index >= 15 is 0 Å². The number of hydrogen-bond acceptors (Lipinski definition) is 6. The molecular formula is C16H20N6O2S. The van der Waals surface area contributed by atoms with Crippen LogP contribution in [0.1, 0.15) is 19.4 Å². The van der Waals surface area contributed by atoms with Crippen molar-refractivity contribution in [2.24, 2.45) is 0 Å². The third-order valence-electron chi connectivity index (χ3n) is 4.01. The van der Waals surface area contributed by atoms with E-state index < -0.39 is 10.0 Å². The summed E-state index contributed by atoms with van der Waals surface area (Å²) in [6.45, 7) is 4.19. The smallest absolute Gasteiger partial charge is 0.243 e. The molecular weight excluding hydrogens is 340 g/mol. The van der Waals surface area contributed by atoms with Crippen molar-refractivity contribution >= 4 is 27.0 Å². The number of anilines is 1. The summed E-state index contributed by atoms with van der Waals surface area (Å²) in [4.78, 5) is 15.6. The number of nitrogens with one attached hydrogen (secondary N) is 2. The van der Waals surface area contributed by atoms with E-state index in [4.69, 9.17) is 0 Å². The Labute approximate surface area is 146 Å². The van der Waals surface area contributed by atoms with Crippen molar-refractivity contribution in [2.75, 3.05) is 12.4 Å². The maximum atomic E-state index is 12.5. The van der Waals surface area contributed by atoms with Gasteiger partial charge in [-0.3, -0.25) is 0 Å². The molecule has 0 amide bonds. The van der Waals surface area contributed by atoms with E-state index in [1.165, 1.54) is 10.6 Å². The monoisotopic (exact) mass is 360 g/mol. The number of benzene rings is 1. The number of aromatic amines is 1. The normalized spacial score (nSPS) is 12.2. The Kier molecular flexibility index (Phi) is 4.69. The molecule has 2 N–H and O–H groups in total. The number of nitrogens with zero attached hydrogens (tertiary/aromatic N) is 4. The van der Waals surface area contributed by atoms with Gasteiger partial charge in [-0.1, -0.05) is 12.1 Å². The molecule has 9 heteroatoms. The van der Waals surface area contributed by atoms with Gasteiger partial charge in [0.15, 0.2) is 11.5 Å². The van der Waals surface area contributed by atoms with Crippen LogP contribution in [0.3, 0.4) is 0 Å². The highest BCUT2D eigenvalue weighted by atomic mass is 32.2. The number of rotatable bonds is 6. The molecule has 2 heterocycles. The Balaban J connectivity index is 1.74. The zero-order chi connectivity index (χ0) is 18.0. The molecule has 0 aliphatic carbocycles. The Bertz CT molecular complexity index is 966. The molecule has 3 rings (SSSR count). The van der Waals surface area contributed by atoms with Crippen molar-refractivity contribution in [3.63, 3.8) is 0 Å². The fraction of sp³-hybridized carbons (Fsp3) is 0.312. The lowest BCUT2D eigenvalue weighted by molar-refractivity contribution is 0.410. The van der Waals surface area contributed by atoms with Crippen LogP contribution in [0.25, 0.3) is 11.2 Å². The molecule has 0 aliphatic heterocycles. The molecule has 0 saturated heterocycles. The van der Waals surface area contributed by atoms with Gasteiger partial charge in [-0.15, -0.1) is 0 Å². The molecule has 25 heavy (non-hydrogen) atoms. The Morgan fingerprint density at radius 3 is 2.56 bits per heavy atom. The molecule has 0 aliphatic rings. The Morgan fingerprint density at radius 2 is 1.88 bits per heavy atom. The van der Waals surface area contributed by atoms with Crippen LogP contribution >= 0.6 is 0 Å². The van der Waals surface area contributed by atoms with E-state index in [1.54, 1.807) is 37.6 Å². The van der Waals surface area contributed by atoms with E-state index in [-0.39, 0.29) is 10.9 Å². The lowest BCUT2D eigenvalue weighted by Gasteiger charge is -2.21. The first-order chi connectivity index (χ1) is 11.9. The standard InChI is InChI=1S/C16H20N6O2S/c1-11(2)22(3)25(23,24)13-6-4-12(5-7-13)8-17-15-14-16(19-9-18-14)21-10-20-15/h4-7,9-11H,8H2,1-3H3,(H2,17,18,19,20,21). The lowest BCUT2D eigenvalue weighted by atomic mass is 10.2. The second kappa shape index (κ2) is 6.77. The van der Waals surface area contributed by atoms with Crippen molar-refractivity contribution < 1.29 is 8.42 Å². The van der Waals surface area contributed by atoms with Gasteiger partial charge in [-0.25, -0.2) is 23.4 Å². The van der Waals surface area contributed by atoms with Gasteiger partial charge in [0.2, 0.25) is 10.0 Å². The topological polar surface area (TPSA) is 104 Å². The minimum atomic E-state index is -3.46. The van der Waals surface area contributed by atoms with Gasteiger partial charge in [-0.2, -0.15) is 4.31 Å². The third-order valence-corrected chi connectivity index (χ3v) is 6.06. The number of imidazole rings is 1. The van der Waals surface area contributed by atoms with Gasteiger partial charge >= 0.3 is 0 Å². The quantitative estimate of drug-likeness (QED) is 0.697. The van der Waals surface area contributed by atoms with Crippen molar-refractivity contribution in [1.29, 1.82) is 0 Å². The highest BCUT2D eigenvalue weighted by Gasteiger charge is 2.22. The molecule has 0 atom stereocenters. The number of hydrogen-bond donors (Lipinski definition) is 2. The summed E-state index contributed by atoms with van der Waals surface area (Å²) in [5.74, 6) is 0.652. The molecule has 1 aromatic carbocycles. The molecule has 0 radical (unpaired) electrons.